The number of carbonyl (C=O) groups is 2. The van der Waals surface area contributed by atoms with Gasteiger partial charge in [0.2, 0.25) is 5.91 Å². The van der Waals surface area contributed by atoms with Crippen molar-refractivity contribution in [3.63, 3.8) is 0 Å². The third kappa shape index (κ3) is 3.07. The maximum atomic E-state index is 11.9. The molecule has 2 N–H and O–H groups in total. The van der Waals surface area contributed by atoms with Crippen molar-refractivity contribution in [1.29, 1.82) is 0 Å². The topological polar surface area (TPSA) is 66.4 Å². The summed E-state index contributed by atoms with van der Waals surface area (Å²) in [5, 5.41) is 12.1. The Bertz CT molecular complexity index is 524. The molecule has 2 rings (SSSR count). The Morgan fingerprint density at radius 3 is 2.70 bits per heavy atom. The fourth-order valence-electron chi connectivity index (χ4n) is 2.61. The highest BCUT2D eigenvalue weighted by atomic mass is 16.4. The predicted octanol–water partition coefficient (Wildman–Crippen LogP) is 2.46. The van der Waals surface area contributed by atoms with Crippen molar-refractivity contribution in [3.05, 3.63) is 42.0 Å². The van der Waals surface area contributed by atoms with Crippen LogP contribution < -0.4 is 5.32 Å². The van der Waals surface area contributed by atoms with E-state index in [0.29, 0.717) is 12.8 Å². The lowest BCUT2D eigenvalue weighted by molar-refractivity contribution is -0.148. The lowest BCUT2D eigenvalue weighted by Crippen LogP contribution is -2.46. The average molecular weight is 273 g/mol. The van der Waals surface area contributed by atoms with Crippen LogP contribution >= 0.6 is 0 Å². The van der Waals surface area contributed by atoms with Gasteiger partial charge in [-0.05, 0) is 31.4 Å². The third-order valence-electron chi connectivity index (χ3n) is 3.99. The molecule has 4 heteroatoms. The number of carbonyl (C=O) groups excluding carboxylic acids is 1. The zero-order valence-corrected chi connectivity index (χ0v) is 11.5. The van der Waals surface area contributed by atoms with Crippen molar-refractivity contribution < 1.29 is 14.7 Å². The number of benzene rings is 1. The minimum absolute atomic E-state index is 0.242. The van der Waals surface area contributed by atoms with Crippen LogP contribution in [0.2, 0.25) is 0 Å². The number of carboxylic acid groups (broad SMARTS) is 1. The molecule has 0 aromatic heterocycles. The summed E-state index contributed by atoms with van der Waals surface area (Å²) in [4.78, 5) is 23.2. The van der Waals surface area contributed by atoms with E-state index in [1.165, 1.54) is 6.08 Å². The first kappa shape index (κ1) is 14.3. The molecular formula is C16H19NO3. The van der Waals surface area contributed by atoms with Crippen molar-refractivity contribution in [2.24, 2.45) is 5.41 Å². The van der Waals surface area contributed by atoms with E-state index in [2.05, 4.69) is 5.32 Å². The fraction of sp³-hybridized carbons (Fsp3) is 0.375. The number of hydrogen-bond donors (Lipinski definition) is 2. The first-order valence-corrected chi connectivity index (χ1v) is 6.79. The van der Waals surface area contributed by atoms with E-state index in [1.54, 1.807) is 13.0 Å². The summed E-state index contributed by atoms with van der Waals surface area (Å²) >= 11 is 0. The zero-order chi connectivity index (χ0) is 14.6. The second kappa shape index (κ2) is 5.90. The second-order valence-electron chi connectivity index (χ2n) is 5.42. The van der Waals surface area contributed by atoms with Gasteiger partial charge in [-0.15, -0.1) is 0 Å². The summed E-state index contributed by atoms with van der Waals surface area (Å²) in [6.45, 7) is 1.70. The molecule has 0 bridgehead atoms. The minimum atomic E-state index is -0.851. The van der Waals surface area contributed by atoms with Gasteiger partial charge in [0, 0.05) is 12.1 Å². The van der Waals surface area contributed by atoms with Crippen molar-refractivity contribution in [2.75, 3.05) is 0 Å². The molecule has 20 heavy (non-hydrogen) atoms. The molecule has 0 spiro atoms. The maximum Gasteiger partial charge on any atom is 0.311 e. The van der Waals surface area contributed by atoms with Crippen LogP contribution in [0.5, 0.6) is 0 Å². The van der Waals surface area contributed by atoms with E-state index >= 15 is 0 Å². The summed E-state index contributed by atoms with van der Waals surface area (Å²) < 4.78 is 0. The number of rotatable bonds is 4. The molecule has 1 amide bonds. The lowest BCUT2D eigenvalue weighted by atomic mass is 9.85. The number of amides is 1. The highest BCUT2D eigenvalue weighted by Crippen LogP contribution is 2.38. The van der Waals surface area contributed by atoms with Gasteiger partial charge < -0.3 is 10.4 Å². The van der Waals surface area contributed by atoms with Gasteiger partial charge in [-0.1, -0.05) is 36.8 Å². The van der Waals surface area contributed by atoms with Crippen LogP contribution in [0.3, 0.4) is 0 Å². The average Bonchev–Trinajstić information content (AvgIpc) is 2.80. The molecule has 4 nitrogen and oxygen atoms in total. The van der Waals surface area contributed by atoms with Gasteiger partial charge in [-0.25, -0.2) is 0 Å². The van der Waals surface area contributed by atoms with Gasteiger partial charge in [-0.2, -0.15) is 0 Å². The first-order valence-electron chi connectivity index (χ1n) is 6.79. The molecule has 1 aliphatic carbocycles. The van der Waals surface area contributed by atoms with E-state index in [0.717, 1.165) is 12.0 Å². The zero-order valence-electron chi connectivity index (χ0n) is 11.5. The maximum absolute atomic E-state index is 11.9. The van der Waals surface area contributed by atoms with Crippen LogP contribution in [-0.2, 0) is 9.59 Å². The monoisotopic (exact) mass is 273 g/mol. The quantitative estimate of drug-likeness (QED) is 0.828. The highest BCUT2D eigenvalue weighted by Gasteiger charge is 2.45. The van der Waals surface area contributed by atoms with E-state index < -0.39 is 11.4 Å². The van der Waals surface area contributed by atoms with Crippen LogP contribution in [-0.4, -0.2) is 23.0 Å². The normalized spacial score (nSPS) is 25.8. The molecule has 1 fully saturated rings. The molecule has 1 aliphatic rings. The molecule has 0 heterocycles. The summed E-state index contributed by atoms with van der Waals surface area (Å²) in [6.07, 6.45) is 5.33. The molecule has 1 aromatic rings. The summed E-state index contributed by atoms with van der Waals surface area (Å²) in [6, 6.07) is 9.22. The van der Waals surface area contributed by atoms with Gasteiger partial charge in [0.25, 0.3) is 0 Å². The Balaban J connectivity index is 1.98. The second-order valence-corrected chi connectivity index (χ2v) is 5.42. The van der Waals surface area contributed by atoms with Crippen molar-refractivity contribution in [2.45, 2.75) is 32.2 Å². The third-order valence-corrected chi connectivity index (χ3v) is 3.99. The fourth-order valence-corrected chi connectivity index (χ4v) is 2.61. The van der Waals surface area contributed by atoms with E-state index in [-0.39, 0.29) is 11.9 Å². The van der Waals surface area contributed by atoms with Crippen molar-refractivity contribution in [1.82, 2.24) is 5.32 Å². The summed E-state index contributed by atoms with van der Waals surface area (Å²) in [5.74, 6) is -1.08. The number of hydrogen-bond acceptors (Lipinski definition) is 2. The molecule has 2 atom stereocenters. The van der Waals surface area contributed by atoms with Crippen molar-refractivity contribution >= 4 is 18.0 Å². The van der Waals surface area contributed by atoms with Crippen LogP contribution in [0, 0.1) is 5.41 Å². The van der Waals surface area contributed by atoms with Gasteiger partial charge >= 0.3 is 5.97 Å². The Labute approximate surface area is 118 Å². The smallest absolute Gasteiger partial charge is 0.311 e. The molecule has 1 aromatic carbocycles. The van der Waals surface area contributed by atoms with Crippen LogP contribution in [0.25, 0.3) is 6.08 Å². The Hall–Kier alpha value is -2.10. The molecule has 0 radical (unpaired) electrons. The van der Waals surface area contributed by atoms with Gasteiger partial charge in [0.15, 0.2) is 0 Å². The summed E-state index contributed by atoms with van der Waals surface area (Å²) in [7, 11) is 0. The molecule has 0 saturated heterocycles. The Kier molecular flexibility index (Phi) is 4.23. The van der Waals surface area contributed by atoms with Crippen LogP contribution in [0.15, 0.2) is 36.4 Å². The minimum Gasteiger partial charge on any atom is -0.481 e. The van der Waals surface area contributed by atoms with Gasteiger partial charge in [0.05, 0.1) is 5.41 Å². The van der Waals surface area contributed by atoms with E-state index in [9.17, 15) is 14.7 Å². The molecule has 1 saturated carbocycles. The van der Waals surface area contributed by atoms with Gasteiger partial charge in [-0.3, -0.25) is 9.59 Å². The van der Waals surface area contributed by atoms with E-state index in [1.807, 2.05) is 30.3 Å². The van der Waals surface area contributed by atoms with E-state index in [4.69, 9.17) is 0 Å². The number of carboxylic acids is 1. The van der Waals surface area contributed by atoms with Crippen LogP contribution in [0.1, 0.15) is 31.7 Å². The molecule has 106 valence electrons. The largest absolute Gasteiger partial charge is 0.481 e. The van der Waals surface area contributed by atoms with Gasteiger partial charge in [0.1, 0.15) is 0 Å². The molecule has 2 unspecified atom stereocenters. The molecular weight excluding hydrogens is 254 g/mol. The predicted molar refractivity (Wildman–Crippen MR) is 77.0 cm³/mol. The van der Waals surface area contributed by atoms with Crippen molar-refractivity contribution in [3.8, 4) is 0 Å². The Morgan fingerprint density at radius 1 is 1.35 bits per heavy atom. The standard InChI is InChI=1S/C16H19NO3/c1-16(15(19)20)11-5-8-13(16)17-14(18)10-9-12-6-3-2-4-7-12/h2-4,6-7,9-10,13H,5,8,11H2,1H3,(H,17,18)(H,19,20)/b10-9+. The summed E-state index contributed by atoms with van der Waals surface area (Å²) in [5.41, 5.74) is 0.0889. The lowest BCUT2D eigenvalue weighted by Gasteiger charge is -2.27. The van der Waals surface area contributed by atoms with Crippen LogP contribution in [0.4, 0.5) is 0 Å². The number of nitrogens with one attached hydrogen (secondary N) is 1. The first-order chi connectivity index (χ1) is 9.52. The Morgan fingerprint density at radius 2 is 2.05 bits per heavy atom. The molecule has 0 aliphatic heterocycles. The highest BCUT2D eigenvalue weighted by molar-refractivity contribution is 5.92. The SMILES string of the molecule is CC1(C(=O)O)CCCC1NC(=O)/C=C/c1ccccc1. The number of aliphatic carboxylic acids is 1.